The number of carbonyl (C=O) groups excluding carboxylic acids is 1. The van der Waals surface area contributed by atoms with Crippen molar-refractivity contribution in [3.05, 3.63) is 29.8 Å². The van der Waals surface area contributed by atoms with Gasteiger partial charge in [0.25, 0.3) is 0 Å². The van der Waals surface area contributed by atoms with Gasteiger partial charge in [-0.25, -0.2) is 5.43 Å². The van der Waals surface area contributed by atoms with Gasteiger partial charge in [0.2, 0.25) is 5.91 Å². The van der Waals surface area contributed by atoms with E-state index < -0.39 is 0 Å². The van der Waals surface area contributed by atoms with Gasteiger partial charge in [0.05, 0.1) is 12.4 Å². The Morgan fingerprint density at radius 2 is 2.32 bits per heavy atom. The number of nitrogens with one attached hydrogen (secondary N) is 1. The molecule has 5 heteroatoms. The summed E-state index contributed by atoms with van der Waals surface area (Å²) in [6.45, 7) is 3.54. The molecule has 2 rings (SSSR count). The zero-order chi connectivity index (χ0) is 13.5. The topological polar surface area (TPSA) is 50.7 Å². The largest absolute Gasteiger partial charge is 0.381 e. The predicted octanol–water partition coefficient (Wildman–Crippen LogP) is 2.23. The summed E-state index contributed by atoms with van der Waals surface area (Å²) in [5.74, 6) is 0.632. The summed E-state index contributed by atoms with van der Waals surface area (Å²) in [7, 11) is 0. The third-order valence-electron chi connectivity index (χ3n) is 2.83. The molecule has 102 valence electrons. The fraction of sp³-hybridized carbons (Fsp3) is 0.429. The van der Waals surface area contributed by atoms with Crippen LogP contribution in [0.4, 0.5) is 0 Å². The summed E-state index contributed by atoms with van der Waals surface area (Å²) < 4.78 is 5.22. The van der Waals surface area contributed by atoms with Crippen LogP contribution in [0, 0.1) is 12.8 Å². The molecule has 1 saturated heterocycles. The minimum Gasteiger partial charge on any atom is -0.381 e. The van der Waals surface area contributed by atoms with Crippen molar-refractivity contribution in [3.8, 4) is 0 Å². The zero-order valence-electron chi connectivity index (χ0n) is 11.0. The molecule has 1 aliphatic heterocycles. The highest BCUT2D eigenvalue weighted by atomic mass is 32.2. The van der Waals surface area contributed by atoms with Crippen LogP contribution in [0.2, 0.25) is 0 Å². The third-order valence-corrected chi connectivity index (χ3v) is 3.84. The van der Waals surface area contributed by atoms with Crippen molar-refractivity contribution in [2.45, 2.75) is 18.2 Å². The first-order valence-electron chi connectivity index (χ1n) is 6.33. The summed E-state index contributed by atoms with van der Waals surface area (Å²) in [5, 5.41) is 3.96. The lowest BCUT2D eigenvalue weighted by Crippen LogP contribution is -2.20. The van der Waals surface area contributed by atoms with E-state index in [1.807, 2.05) is 31.2 Å². The van der Waals surface area contributed by atoms with Crippen LogP contribution in [0.3, 0.4) is 0 Å². The van der Waals surface area contributed by atoms with Gasteiger partial charge in [-0.1, -0.05) is 17.7 Å². The van der Waals surface area contributed by atoms with Crippen LogP contribution in [0.15, 0.2) is 34.3 Å². The Labute approximate surface area is 117 Å². The maximum Gasteiger partial charge on any atom is 0.250 e. The number of aryl methyl sites for hydroxylation is 1. The molecule has 0 aliphatic carbocycles. The van der Waals surface area contributed by atoms with Gasteiger partial charge >= 0.3 is 0 Å². The van der Waals surface area contributed by atoms with Crippen molar-refractivity contribution >= 4 is 23.9 Å². The second-order valence-corrected chi connectivity index (χ2v) is 5.59. The Balaban J connectivity index is 1.68. The maximum atomic E-state index is 11.6. The van der Waals surface area contributed by atoms with Crippen LogP contribution in [-0.2, 0) is 9.53 Å². The van der Waals surface area contributed by atoms with Gasteiger partial charge < -0.3 is 4.74 Å². The quantitative estimate of drug-likeness (QED) is 0.510. The van der Waals surface area contributed by atoms with E-state index in [9.17, 15) is 4.79 Å². The molecule has 1 fully saturated rings. The van der Waals surface area contributed by atoms with Gasteiger partial charge in [-0.3, -0.25) is 4.79 Å². The molecule has 1 amide bonds. The molecular formula is C14H18N2O2S. The Morgan fingerprint density at radius 3 is 3.00 bits per heavy atom. The van der Waals surface area contributed by atoms with E-state index in [1.165, 1.54) is 17.3 Å². The van der Waals surface area contributed by atoms with E-state index in [4.69, 9.17) is 4.74 Å². The van der Waals surface area contributed by atoms with Crippen LogP contribution in [-0.4, -0.2) is 31.1 Å². The first-order chi connectivity index (χ1) is 9.24. The number of amides is 1. The van der Waals surface area contributed by atoms with Gasteiger partial charge in [0, 0.05) is 23.6 Å². The number of hydrogen-bond donors (Lipinski definition) is 1. The van der Waals surface area contributed by atoms with Gasteiger partial charge in [-0.05, 0) is 25.5 Å². The number of carbonyl (C=O) groups is 1. The van der Waals surface area contributed by atoms with Crippen molar-refractivity contribution in [3.63, 3.8) is 0 Å². The second-order valence-electron chi connectivity index (χ2n) is 4.54. The molecule has 1 aliphatic rings. The van der Waals surface area contributed by atoms with Crippen molar-refractivity contribution in [2.75, 3.05) is 19.0 Å². The molecule has 0 saturated carbocycles. The number of ether oxygens (including phenoxy) is 1. The van der Waals surface area contributed by atoms with Crippen LogP contribution in [0.5, 0.6) is 0 Å². The Hall–Kier alpha value is -1.33. The first kappa shape index (κ1) is 14.1. The standard InChI is InChI=1S/C14H18N2O2S/c1-11-2-4-13(5-3-11)19-10-14(17)16-15-8-12-6-7-18-9-12/h2-5,8,12H,6-7,9-10H2,1H3,(H,16,17). The van der Waals surface area contributed by atoms with Crippen molar-refractivity contribution < 1.29 is 9.53 Å². The molecule has 1 aromatic rings. The smallest absolute Gasteiger partial charge is 0.250 e. The lowest BCUT2D eigenvalue weighted by Gasteiger charge is -2.02. The Bertz CT molecular complexity index is 439. The summed E-state index contributed by atoms with van der Waals surface area (Å²) >= 11 is 1.51. The molecule has 1 aromatic carbocycles. The summed E-state index contributed by atoms with van der Waals surface area (Å²) in [5.41, 5.74) is 3.76. The molecule has 1 atom stereocenters. The fourth-order valence-electron chi connectivity index (χ4n) is 1.70. The molecule has 0 radical (unpaired) electrons. The Kier molecular flexibility index (Phi) is 5.42. The normalized spacial score (nSPS) is 18.9. The summed E-state index contributed by atoms with van der Waals surface area (Å²) in [6, 6.07) is 8.12. The van der Waals surface area contributed by atoms with E-state index in [0.29, 0.717) is 18.3 Å². The summed E-state index contributed by atoms with van der Waals surface area (Å²) in [4.78, 5) is 12.7. The molecule has 0 aromatic heterocycles. The Morgan fingerprint density at radius 1 is 1.53 bits per heavy atom. The minimum absolute atomic E-state index is 0.0826. The lowest BCUT2D eigenvalue weighted by atomic mass is 10.1. The lowest BCUT2D eigenvalue weighted by molar-refractivity contribution is -0.118. The van der Waals surface area contributed by atoms with Gasteiger partial charge in [-0.2, -0.15) is 5.10 Å². The van der Waals surface area contributed by atoms with Crippen LogP contribution >= 0.6 is 11.8 Å². The molecule has 1 N–H and O–H groups in total. The highest BCUT2D eigenvalue weighted by molar-refractivity contribution is 8.00. The number of nitrogens with zero attached hydrogens (tertiary/aromatic N) is 1. The summed E-state index contributed by atoms with van der Waals surface area (Å²) in [6.07, 6.45) is 2.75. The number of rotatable bonds is 5. The monoisotopic (exact) mass is 278 g/mol. The number of hydrazone groups is 1. The van der Waals surface area contributed by atoms with Gasteiger partial charge in [-0.15, -0.1) is 11.8 Å². The van der Waals surface area contributed by atoms with Crippen LogP contribution in [0.25, 0.3) is 0 Å². The van der Waals surface area contributed by atoms with E-state index in [-0.39, 0.29) is 5.91 Å². The van der Waals surface area contributed by atoms with Crippen LogP contribution in [0.1, 0.15) is 12.0 Å². The van der Waals surface area contributed by atoms with E-state index in [0.717, 1.165) is 17.9 Å². The van der Waals surface area contributed by atoms with Crippen molar-refractivity contribution in [1.82, 2.24) is 5.43 Å². The SMILES string of the molecule is Cc1ccc(SCC(=O)NN=CC2CCOC2)cc1. The van der Waals surface area contributed by atoms with E-state index in [2.05, 4.69) is 10.5 Å². The molecule has 4 nitrogen and oxygen atoms in total. The fourth-order valence-corrected chi connectivity index (χ4v) is 2.39. The van der Waals surface area contributed by atoms with E-state index in [1.54, 1.807) is 6.21 Å². The average Bonchev–Trinajstić information content (AvgIpc) is 2.91. The van der Waals surface area contributed by atoms with Crippen molar-refractivity contribution in [1.29, 1.82) is 0 Å². The molecule has 0 spiro atoms. The number of thioether (sulfide) groups is 1. The van der Waals surface area contributed by atoms with E-state index >= 15 is 0 Å². The highest BCUT2D eigenvalue weighted by Crippen LogP contribution is 2.17. The molecule has 1 heterocycles. The van der Waals surface area contributed by atoms with Crippen LogP contribution < -0.4 is 5.43 Å². The zero-order valence-corrected chi connectivity index (χ0v) is 11.8. The molecule has 0 bridgehead atoms. The third kappa shape index (κ3) is 5.04. The average molecular weight is 278 g/mol. The van der Waals surface area contributed by atoms with Gasteiger partial charge in [0.15, 0.2) is 0 Å². The first-order valence-corrected chi connectivity index (χ1v) is 7.32. The number of benzene rings is 1. The highest BCUT2D eigenvalue weighted by Gasteiger charge is 2.12. The molecular weight excluding hydrogens is 260 g/mol. The molecule has 19 heavy (non-hydrogen) atoms. The predicted molar refractivity (Wildman–Crippen MR) is 77.5 cm³/mol. The molecule has 1 unspecified atom stereocenters. The minimum atomic E-state index is -0.0826. The number of hydrogen-bond acceptors (Lipinski definition) is 4. The van der Waals surface area contributed by atoms with Gasteiger partial charge in [0.1, 0.15) is 0 Å². The van der Waals surface area contributed by atoms with Crippen molar-refractivity contribution in [2.24, 2.45) is 11.0 Å². The second kappa shape index (κ2) is 7.31. The maximum absolute atomic E-state index is 11.6.